The van der Waals surface area contributed by atoms with Crippen LogP contribution in [0.25, 0.3) is 0 Å². The minimum absolute atomic E-state index is 0.155. The van der Waals surface area contributed by atoms with Crippen LogP contribution in [0, 0.1) is 13.8 Å². The van der Waals surface area contributed by atoms with Gasteiger partial charge in [-0.3, -0.25) is 9.09 Å². The van der Waals surface area contributed by atoms with E-state index >= 15 is 0 Å². The third-order valence-corrected chi connectivity index (χ3v) is 8.16. The Hall–Kier alpha value is -2.30. The van der Waals surface area contributed by atoms with Crippen LogP contribution in [-0.4, -0.2) is 18.1 Å². The predicted molar refractivity (Wildman–Crippen MR) is 140 cm³/mol. The SMILES string of the molecule is Cc1cc(OC[P@@]2(=O)OCC[C@H](c3cccc(Cl)c3)O2)cc(C)c1Cc1ccc(O)c(C(C)C)c1. The summed E-state index contributed by atoms with van der Waals surface area (Å²) in [5, 5.41) is 10.7. The van der Waals surface area contributed by atoms with Crippen LogP contribution in [0.5, 0.6) is 11.5 Å². The van der Waals surface area contributed by atoms with Crippen molar-refractivity contribution >= 4 is 19.2 Å². The minimum Gasteiger partial charge on any atom is -0.508 e. The van der Waals surface area contributed by atoms with Crippen LogP contribution in [0.3, 0.4) is 0 Å². The summed E-state index contributed by atoms with van der Waals surface area (Å²) >= 11 is 6.11. The van der Waals surface area contributed by atoms with Gasteiger partial charge in [-0.05, 0) is 89.9 Å². The minimum atomic E-state index is -3.42. The fraction of sp³-hybridized carbons (Fsp3) is 0.357. The molecule has 0 amide bonds. The van der Waals surface area contributed by atoms with E-state index in [1.807, 2.05) is 50.2 Å². The van der Waals surface area contributed by atoms with Gasteiger partial charge in [0.05, 0.1) is 12.7 Å². The first-order valence-electron chi connectivity index (χ1n) is 11.9. The molecule has 4 rings (SSSR count). The molecule has 0 unspecified atom stereocenters. The average Bonchev–Trinajstić information content (AvgIpc) is 2.81. The number of halogens is 1. The first kappa shape index (κ1) is 25.8. The maximum atomic E-state index is 13.2. The number of hydrogen-bond acceptors (Lipinski definition) is 5. The second-order valence-corrected chi connectivity index (χ2v) is 11.8. The molecular formula is C28H32ClO5P. The normalized spacial score (nSPS) is 20.2. The van der Waals surface area contributed by atoms with Gasteiger partial charge in [-0.25, -0.2) is 0 Å². The molecule has 0 saturated carbocycles. The molecule has 3 aromatic carbocycles. The number of hydrogen-bond donors (Lipinski definition) is 1. The molecule has 0 spiro atoms. The van der Waals surface area contributed by atoms with E-state index in [0.29, 0.717) is 29.5 Å². The summed E-state index contributed by atoms with van der Waals surface area (Å²) in [7, 11) is -3.42. The Morgan fingerprint density at radius 1 is 1.11 bits per heavy atom. The zero-order chi connectivity index (χ0) is 25.2. The van der Waals surface area contributed by atoms with Crippen LogP contribution in [0.1, 0.15) is 65.7 Å². The van der Waals surface area contributed by atoms with Crippen LogP contribution in [0.15, 0.2) is 54.6 Å². The second-order valence-electron chi connectivity index (χ2n) is 9.42. The largest absolute Gasteiger partial charge is 0.508 e. The Bertz CT molecular complexity index is 1230. The highest BCUT2D eigenvalue weighted by Gasteiger charge is 2.35. The molecule has 0 radical (unpaired) electrons. The summed E-state index contributed by atoms with van der Waals surface area (Å²) in [6.07, 6.45) is 0.860. The van der Waals surface area contributed by atoms with Crippen molar-refractivity contribution in [1.82, 2.24) is 0 Å². The molecular weight excluding hydrogens is 483 g/mol. The average molecular weight is 515 g/mol. The topological polar surface area (TPSA) is 65.0 Å². The van der Waals surface area contributed by atoms with Crippen molar-refractivity contribution < 1.29 is 23.5 Å². The molecule has 1 N–H and O–H groups in total. The molecule has 186 valence electrons. The predicted octanol–water partition coefficient (Wildman–Crippen LogP) is 8.08. The molecule has 1 heterocycles. The molecule has 0 aliphatic carbocycles. The van der Waals surface area contributed by atoms with Gasteiger partial charge in [-0.2, -0.15) is 0 Å². The highest BCUT2D eigenvalue weighted by molar-refractivity contribution is 7.53. The lowest BCUT2D eigenvalue weighted by Crippen LogP contribution is -2.17. The maximum absolute atomic E-state index is 13.2. The summed E-state index contributed by atoms with van der Waals surface area (Å²) in [5.41, 5.74) is 6.35. The number of rotatable bonds is 7. The first-order valence-corrected chi connectivity index (χ1v) is 14.0. The monoisotopic (exact) mass is 514 g/mol. The van der Waals surface area contributed by atoms with Crippen molar-refractivity contribution in [3.05, 3.63) is 93.0 Å². The molecule has 3 aromatic rings. The van der Waals surface area contributed by atoms with Crippen molar-refractivity contribution in [2.45, 2.75) is 52.6 Å². The van der Waals surface area contributed by atoms with E-state index in [1.165, 1.54) is 5.56 Å². The van der Waals surface area contributed by atoms with Gasteiger partial charge < -0.3 is 14.4 Å². The van der Waals surface area contributed by atoms with Crippen LogP contribution >= 0.6 is 19.2 Å². The quantitative estimate of drug-likeness (QED) is 0.323. The second kappa shape index (κ2) is 10.8. The van der Waals surface area contributed by atoms with Crippen molar-refractivity contribution in [1.29, 1.82) is 0 Å². The fourth-order valence-corrected chi connectivity index (χ4v) is 6.13. The Balaban J connectivity index is 1.45. The number of phenols is 1. The van der Waals surface area contributed by atoms with E-state index in [9.17, 15) is 9.67 Å². The highest BCUT2D eigenvalue weighted by atomic mass is 35.5. The van der Waals surface area contributed by atoms with E-state index in [4.69, 9.17) is 25.4 Å². The van der Waals surface area contributed by atoms with Gasteiger partial charge in [0.15, 0.2) is 6.35 Å². The van der Waals surface area contributed by atoms with Gasteiger partial charge in [0, 0.05) is 11.4 Å². The molecule has 1 aliphatic heterocycles. The smallest absolute Gasteiger partial charge is 0.368 e. The molecule has 2 atom stereocenters. The Morgan fingerprint density at radius 3 is 2.54 bits per heavy atom. The number of aryl methyl sites for hydroxylation is 2. The van der Waals surface area contributed by atoms with Crippen LogP contribution < -0.4 is 4.74 Å². The van der Waals surface area contributed by atoms with Crippen molar-refractivity contribution in [2.75, 3.05) is 13.0 Å². The standard InChI is InChI=1S/C28H32ClO5P/c1-18(2)25-14-21(8-9-27(25)30)15-26-19(3)12-24(13-20(26)4)32-17-35(31)33-11-10-28(34-35)22-6-5-7-23(29)16-22/h5-9,12-14,16,18,28,30H,10-11,15,17H2,1-4H3/t28-,35-/m1/s1. The molecule has 1 fully saturated rings. The third kappa shape index (κ3) is 6.29. The van der Waals surface area contributed by atoms with Crippen LogP contribution in [0.4, 0.5) is 0 Å². The summed E-state index contributed by atoms with van der Waals surface area (Å²) in [4.78, 5) is 0. The summed E-state index contributed by atoms with van der Waals surface area (Å²) in [6, 6.07) is 17.1. The van der Waals surface area contributed by atoms with Gasteiger partial charge in [-0.1, -0.05) is 49.7 Å². The third-order valence-electron chi connectivity index (χ3n) is 6.33. The number of benzene rings is 3. The molecule has 1 saturated heterocycles. The Labute approximate surface area is 212 Å². The van der Waals surface area contributed by atoms with Crippen molar-refractivity contribution in [2.24, 2.45) is 0 Å². The highest BCUT2D eigenvalue weighted by Crippen LogP contribution is 2.56. The fourth-order valence-electron chi connectivity index (χ4n) is 4.43. The zero-order valence-electron chi connectivity index (χ0n) is 20.6. The zero-order valence-corrected chi connectivity index (χ0v) is 22.2. The van der Waals surface area contributed by atoms with Crippen LogP contribution in [-0.2, 0) is 20.0 Å². The Morgan fingerprint density at radius 2 is 1.86 bits per heavy atom. The lowest BCUT2D eigenvalue weighted by Gasteiger charge is -2.30. The molecule has 7 heteroatoms. The van der Waals surface area contributed by atoms with Crippen molar-refractivity contribution in [3.63, 3.8) is 0 Å². The molecule has 1 aliphatic rings. The van der Waals surface area contributed by atoms with E-state index in [-0.39, 0.29) is 18.4 Å². The van der Waals surface area contributed by atoms with E-state index in [2.05, 4.69) is 19.9 Å². The van der Waals surface area contributed by atoms with Gasteiger partial charge in [0.1, 0.15) is 11.5 Å². The Kier molecular flexibility index (Phi) is 7.92. The number of aromatic hydroxyl groups is 1. The summed E-state index contributed by atoms with van der Waals surface area (Å²) in [6.45, 7) is 8.57. The maximum Gasteiger partial charge on any atom is 0.368 e. The van der Waals surface area contributed by atoms with Gasteiger partial charge in [-0.15, -0.1) is 0 Å². The van der Waals surface area contributed by atoms with Crippen LogP contribution in [0.2, 0.25) is 5.02 Å². The summed E-state index contributed by atoms with van der Waals surface area (Å²) < 4.78 is 30.6. The molecule has 0 aromatic heterocycles. The lowest BCUT2D eigenvalue weighted by molar-refractivity contribution is 0.0725. The molecule has 5 nitrogen and oxygen atoms in total. The van der Waals surface area contributed by atoms with Gasteiger partial charge in [0.2, 0.25) is 0 Å². The molecule has 0 bridgehead atoms. The van der Waals surface area contributed by atoms with Crippen molar-refractivity contribution in [3.8, 4) is 11.5 Å². The molecule has 35 heavy (non-hydrogen) atoms. The summed E-state index contributed by atoms with van der Waals surface area (Å²) in [5.74, 6) is 1.21. The lowest BCUT2D eigenvalue weighted by atomic mass is 9.93. The van der Waals surface area contributed by atoms with Gasteiger partial charge >= 0.3 is 7.60 Å². The number of phenolic OH excluding ortho intramolecular Hbond substituents is 1. The van der Waals surface area contributed by atoms with E-state index in [0.717, 1.165) is 34.2 Å². The van der Waals surface area contributed by atoms with Gasteiger partial charge in [0.25, 0.3) is 0 Å². The first-order chi connectivity index (χ1) is 16.6. The van der Waals surface area contributed by atoms with E-state index < -0.39 is 7.60 Å². The van der Waals surface area contributed by atoms with E-state index in [1.54, 1.807) is 12.1 Å². The number of ether oxygens (including phenoxy) is 1.